The highest BCUT2D eigenvalue weighted by Crippen LogP contribution is 2.12. The summed E-state index contributed by atoms with van der Waals surface area (Å²) in [4.78, 5) is 34.3. The zero-order valence-electron chi connectivity index (χ0n) is 10.4. The molecule has 1 N–H and O–H groups in total. The summed E-state index contributed by atoms with van der Waals surface area (Å²) in [5, 5.41) is 2.44. The fourth-order valence-corrected chi connectivity index (χ4v) is 1.63. The van der Waals surface area contributed by atoms with E-state index >= 15 is 0 Å². The molecule has 0 aliphatic carbocycles. The minimum absolute atomic E-state index is 0.262. The first-order valence-corrected chi connectivity index (χ1v) is 5.65. The summed E-state index contributed by atoms with van der Waals surface area (Å²) < 4.78 is 14.2. The molecule has 18 heavy (non-hydrogen) atoms. The maximum atomic E-state index is 11.7. The predicted molar refractivity (Wildman–Crippen MR) is 59.6 cm³/mol. The molecule has 0 aromatic rings. The van der Waals surface area contributed by atoms with Crippen molar-refractivity contribution in [3.05, 3.63) is 0 Å². The smallest absolute Gasteiger partial charge is 0.328 e. The molecule has 2 atom stereocenters. The van der Waals surface area contributed by atoms with E-state index in [9.17, 15) is 14.4 Å². The minimum atomic E-state index is -1.04. The molecular weight excluding hydrogens is 242 g/mol. The average Bonchev–Trinajstić information content (AvgIpc) is 2.90. The highest BCUT2D eigenvalue weighted by atomic mass is 16.5. The van der Waals surface area contributed by atoms with Gasteiger partial charge in [-0.2, -0.15) is 0 Å². The number of ether oxygens (including phenoxy) is 3. The number of amides is 1. The molecule has 1 saturated heterocycles. The van der Waals surface area contributed by atoms with E-state index in [1.54, 1.807) is 0 Å². The molecule has 0 saturated carbocycles. The maximum absolute atomic E-state index is 11.7. The van der Waals surface area contributed by atoms with Crippen LogP contribution in [0.5, 0.6) is 0 Å². The van der Waals surface area contributed by atoms with E-state index in [1.807, 2.05) is 0 Å². The summed E-state index contributed by atoms with van der Waals surface area (Å²) in [5.41, 5.74) is 0. The molecule has 0 spiro atoms. The van der Waals surface area contributed by atoms with Crippen molar-refractivity contribution >= 4 is 17.8 Å². The van der Waals surface area contributed by atoms with Gasteiger partial charge in [0.05, 0.1) is 20.6 Å². The van der Waals surface area contributed by atoms with Gasteiger partial charge in [-0.25, -0.2) is 4.79 Å². The van der Waals surface area contributed by atoms with Gasteiger partial charge >= 0.3 is 11.9 Å². The monoisotopic (exact) mass is 259 g/mol. The normalized spacial score (nSPS) is 20.0. The average molecular weight is 259 g/mol. The van der Waals surface area contributed by atoms with E-state index in [4.69, 9.17) is 4.74 Å². The Balaban J connectivity index is 2.56. The lowest BCUT2D eigenvalue weighted by Crippen LogP contribution is -2.47. The molecule has 1 amide bonds. The lowest BCUT2D eigenvalue weighted by atomic mass is 10.1. The zero-order valence-corrected chi connectivity index (χ0v) is 10.4. The van der Waals surface area contributed by atoms with Gasteiger partial charge in [0.1, 0.15) is 12.1 Å². The molecule has 0 aromatic heterocycles. The second-order valence-corrected chi connectivity index (χ2v) is 3.87. The molecule has 1 fully saturated rings. The topological polar surface area (TPSA) is 90.9 Å². The molecule has 1 aliphatic rings. The largest absolute Gasteiger partial charge is 0.469 e. The van der Waals surface area contributed by atoms with Gasteiger partial charge in [-0.05, 0) is 12.8 Å². The van der Waals surface area contributed by atoms with Crippen molar-refractivity contribution in [3.8, 4) is 0 Å². The van der Waals surface area contributed by atoms with E-state index in [-0.39, 0.29) is 6.42 Å². The summed E-state index contributed by atoms with van der Waals surface area (Å²) >= 11 is 0. The van der Waals surface area contributed by atoms with Gasteiger partial charge in [-0.15, -0.1) is 0 Å². The third-order valence-corrected chi connectivity index (χ3v) is 2.62. The third kappa shape index (κ3) is 3.99. The van der Waals surface area contributed by atoms with Crippen molar-refractivity contribution in [1.82, 2.24) is 5.32 Å². The Hall–Kier alpha value is -1.63. The Bertz CT molecular complexity index is 323. The zero-order chi connectivity index (χ0) is 13.5. The molecule has 0 unspecified atom stereocenters. The number of nitrogens with one attached hydrogen (secondary N) is 1. The number of rotatable bonds is 5. The van der Waals surface area contributed by atoms with Gasteiger partial charge in [0, 0.05) is 6.61 Å². The molecule has 1 heterocycles. The van der Waals surface area contributed by atoms with E-state index in [1.165, 1.54) is 14.2 Å². The second kappa shape index (κ2) is 6.95. The molecule has 1 rings (SSSR count). The fourth-order valence-electron chi connectivity index (χ4n) is 1.63. The number of carbonyl (C=O) groups excluding carboxylic acids is 3. The molecule has 0 bridgehead atoms. The molecule has 1 aliphatic heterocycles. The summed E-state index contributed by atoms with van der Waals surface area (Å²) in [6, 6.07) is -1.04. The SMILES string of the molecule is COC(=O)C[C@H](NC(=O)[C@H]1CCCO1)C(=O)OC. The lowest BCUT2D eigenvalue weighted by Gasteiger charge is -2.17. The number of hydrogen-bond acceptors (Lipinski definition) is 6. The van der Waals surface area contributed by atoms with E-state index in [0.717, 1.165) is 6.42 Å². The van der Waals surface area contributed by atoms with Gasteiger partial charge in [0.15, 0.2) is 0 Å². The van der Waals surface area contributed by atoms with Gasteiger partial charge < -0.3 is 19.5 Å². The summed E-state index contributed by atoms with van der Waals surface area (Å²) in [6.07, 6.45) is 0.590. The number of methoxy groups -OCH3 is 2. The van der Waals surface area contributed by atoms with Gasteiger partial charge in [0.2, 0.25) is 5.91 Å². The van der Waals surface area contributed by atoms with Crippen LogP contribution in [0.4, 0.5) is 0 Å². The van der Waals surface area contributed by atoms with Crippen LogP contribution in [0.15, 0.2) is 0 Å². The van der Waals surface area contributed by atoms with E-state index < -0.39 is 30.0 Å². The minimum Gasteiger partial charge on any atom is -0.469 e. The summed E-state index contributed by atoms with van der Waals surface area (Å²) in [5.74, 6) is -1.70. The lowest BCUT2D eigenvalue weighted by molar-refractivity contribution is -0.151. The standard InChI is InChI=1S/C11H17NO6/c1-16-9(13)6-7(11(15)17-2)12-10(14)8-4-3-5-18-8/h7-8H,3-6H2,1-2H3,(H,12,14)/t7-,8+/m0/s1. The van der Waals surface area contributed by atoms with Crippen molar-refractivity contribution < 1.29 is 28.6 Å². The number of hydrogen-bond donors (Lipinski definition) is 1. The number of carbonyl (C=O) groups is 3. The van der Waals surface area contributed by atoms with Crippen molar-refractivity contribution in [2.24, 2.45) is 0 Å². The Morgan fingerprint density at radius 1 is 1.33 bits per heavy atom. The predicted octanol–water partition coefficient (Wildman–Crippen LogP) is -0.614. The second-order valence-electron chi connectivity index (χ2n) is 3.87. The fraction of sp³-hybridized carbons (Fsp3) is 0.727. The molecular formula is C11H17NO6. The van der Waals surface area contributed by atoms with Crippen LogP contribution in [0.1, 0.15) is 19.3 Å². The highest BCUT2D eigenvalue weighted by molar-refractivity contribution is 5.89. The van der Waals surface area contributed by atoms with E-state index in [2.05, 4.69) is 14.8 Å². The molecule has 7 nitrogen and oxygen atoms in total. The van der Waals surface area contributed by atoms with Crippen LogP contribution in [0.25, 0.3) is 0 Å². The van der Waals surface area contributed by atoms with Crippen molar-refractivity contribution in [2.45, 2.75) is 31.4 Å². The Labute approximate surface area is 105 Å². The molecule has 0 aromatic carbocycles. The van der Waals surface area contributed by atoms with Crippen LogP contribution in [0.3, 0.4) is 0 Å². The van der Waals surface area contributed by atoms with Crippen LogP contribution in [0, 0.1) is 0 Å². The highest BCUT2D eigenvalue weighted by Gasteiger charge is 2.30. The van der Waals surface area contributed by atoms with Crippen molar-refractivity contribution in [3.63, 3.8) is 0 Å². The van der Waals surface area contributed by atoms with Crippen LogP contribution >= 0.6 is 0 Å². The third-order valence-electron chi connectivity index (χ3n) is 2.62. The van der Waals surface area contributed by atoms with Crippen LogP contribution in [-0.2, 0) is 28.6 Å². The number of esters is 2. The Kier molecular flexibility index (Phi) is 5.57. The van der Waals surface area contributed by atoms with Crippen molar-refractivity contribution in [2.75, 3.05) is 20.8 Å². The first kappa shape index (κ1) is 14.4. The first-order chi connectivity index (χ1) is 8.58. The maximum Gasteiger partial charge on any atom is 0.328 e. The Morgan fingerprint density at radius 2 is 2.06 bits per heavy atom. The van der Waals surface area contributed by atoms with Gasteiger partial charge in [0.25, 0.3) is 0 Å². The summed E-state index contributed by atoms with van der Waals surface area (Å²) in [7, 11) is 2.39. The first-order valence-electron chi connectivity index (χ1n) is 5.65. The Morgan fingerprint density at radius 3 is 2.56 bits per heavy atom. The molecule has 102 valence electrons. The van der Waals surface area contributed by atoms with Crippen LogP contribution < -0.4 is 5.32 Å². The molecule has 0 radical (unpaired) electrons. The van der Waals surface area contributed by atoms with Crippen molar-refractivity contribution in [1.29, 1.82) is 0 Å². The van der Waals surface area contributed by atoms with Gasteiger partial charge in [-0.3, -0.25) is 9.59 Å². The van der Waals surface area contributed by atoms with Crippen LogP contribution in [0.2, 0.25) is 0 Å². The quantitative estimate of drug-likeness (QED) is 0.662. The van der Waals surface area contributed by atoms with Crippen LogP contribution in [-0.4, -0.2) is 50.8 Å². The van der Waals surface area contributed by atoms with Gasteiger partial charge in [-0.1, -0.05) is 0 Å². The van der Waals surface area contributed by atoms with E-state index in [0.29, 0.717) is 13.0 Å². The summed E-state index contributed by atoms with van der Waals surface area (Å²) in [6.45, 7) is 0.526. The molecule has 7 heteroatoms.